The number of likely N-dealkylation sites (tertiary alicyclic amines) is 1. The summed E-state index contributed by atoms with van der Waals surface area (Å²) in [5.74, 6) is 0.395. The molecule has 1 aromatic heterocycles. The van der Waals surface area contributed by atoms with Crippen molar-refractivity contribution in [3.63, 3.8) is 0 Å². The molecule has 1 aromatic carbocycles. The van der Waals surface area contributed by atoms with E-state index < -0.39 is 5.82 Å². The number of aliphatic imine (C=N–C) groups is 1. The van der Waals surface area contributed by atoms with Gasteiger partial charge in [-0.05, 0) is 60.4 Å². The van der Waals surface area contributed by atoms with Gasteiger partial charge in [0, 0.05) is 42.9 Å². The van der Waals surface area contributed by atoms with Gasteiger partial charge in [-0.25, -0.2) is 14.4 Å². The zero-order chi connectivity index (χ0) is 27.4. The van der Waals surface area contributed by atoms with Crippen LogP contribution < -0.4 is 21.2 Å². The van der Waals surface area contributed by atoms with Gasteiger partial charge in [0.2, 0.25) is 0 Å². The molecule has 0 bridgehead atoms. The van der Waals surface area contributed by atoms with Gasteiger partial charge in [-0.2, -0.15) is 0 Å². The number of rotatable bonds is 6. The summed E-state index contributed by atoms with van der Waals surface area (Å²) < 4.78 is 20.2. The van der Waals surface area contributed by atoms with Gasteiger partial charge in [0.05, 0.1) is 30.8 Å². The number of halogens is 1. The van der Waals surface area contributed by atoms with Crippen molar-refractivity contribution in [1.82, 2.24) is 20.5 Å². The normalized spacial score (nSPS) is 20.1. The number of hydrogen-bond acceptors (Lipinski definition) is 6. The van der Waals surface area contributed by atoms with Crippen LogP contribution in [0.5, 0.6) is 0 Å². The zero-order valence-electron chi connectivity index (χ0n) is 22.9. The van der Waals surface area contributed by atoms with E-state index in [1.54, 1.807) is 6.07 Å². The lowest BCUT2D eigenvalue weighted by atomic mass is 9.92. The highest BCUT2D eigenvalue weighted by atomic mass is 19.1. The average molecular weight is 530 g/mol. The summed E-state index contributed by atoms with van der Waals surface area (Å²) in [6.45, 7) is 9.92. The predicted molar refractivity (Wildman–Crippen MR) is 153 cm³/mol. The van der Waals surface area contributed by atoms with E-state index in [0.717, 1.165) is 65.0 Å². The first kappa shape index (κ1) is 26.8. The summed E-state index contributed by atoms with van der Waals surface area (Å²) in [7, 11) is 0. The van der Waals surface area contributed by atoms with Crippen LogP contribution in [0.15, 0.2) is 47.1 Å². The molecule has 1 fully saturated rings. The molecule has 2 N–H and O–H groups in total. The number of ether oxygens (including phenoxy) is 1. The molecule has 204 valence electrons. The molecule has 3 aliphatic rings. The average Bonchev–Trinajstić information content (AvgIpc) is 2.91. The van der Waals surface area contributed by atoms with E-state index in [0.29, 0.717) is 24.3 Å². The van der Waals surface area contributed by atoms with Crippen LogP contribution in [0.2, 0.25) is 0 Å². The van der Waals surface area contributed by atoms with Gasteiger partial charge in [0.15, 0.2) is 0 Å². The molecule has 39 heavy (non-hydrogen) atoms. The molecule has 0 aliphatic carbocycles. The van der Waals surface area contributed by atoms with Crippen LogP contribution in [-0.4, -0.2) is 54.4 Å². The van der Waals surface area contributed by atoms with Gasteiger partial charge < -0.3 is 20.3 Å². The molecule has 0 saturated carbocycles. The quantitative estimate of drug-likeness (QED) is 0.601. The lowest BCUT2D eigenvalue weighted by Crippen LogP contribution is -2.46. The van der Waals surface area contributed by atoms with Crippen molar-refractivity contribution in [2.24, 2.45) is 4.99 Å². The predicted octanol–water partition coefficient (Wildman–Crippen LogP) is 3.21. The minimum absolute atomic E-state index is 0.0442. The molecule has 7 nitrogen and oxygen atoms in total. The maximum Gasteiger partial charge on any atom is 0.251 e. The van der Waals surface area contributed by atoms with Gasteiger partial charge in [-0.15, -0.1) is 0 Å². The Labute approximate surface area is 228 Å². The lowest BCUT2D eigenvalue weighted by Gasteiger charge is -2.35. The number of hydrogen-bond donors (Lipinski definition) is 2. The Balaban J connectivity index is 1.38. The van der Waals surface area contributed by atoms with E-state index >= 15 is 0 Å². The molecule has 4 heterocycles. The molecule has 1 amide bonds. The number of fused-ring (bicyclic) bond motifs is 1. The Hall–Kier alpha value is -3.78. The molecule has 0 radical (unpaired) electrons. The molecule has 8 heteroatoms. The molecule has 1 saturated heterocycles. The van der Waals surface area contributed by atoms with E-state index in [1.165, 1.54) is 12.5 Å². The molecular formula is C31H36FN5O2. The highest BCUT2D eigenvalue weighted by Crippen LogP contribution is 2.29. The first-order valence-corrected chi connectivity index (χ1v) is 13.8. The Morgan fingerprint density at radius 3 is 2.90 bits per heavy atom. The van der Waals surface area contributed by atoms with Crippen molar-refractivity contribution in [1.29, 1.82) is 0 Å². The second-order valence-corrected chi connectivity index (χ2v) is 10.2. The maximum atomic E-state index is 14.7. The highest BCUT2D eigenvalue weighted by molar-refractivity contribution is 5.95. The van der Waals surface area contributed by atoms with E-state index in [-0.39, 0.29) is 18.4 Å². The van der Waals surface area contributed by atoms with Crippen molar-refractivity contribution in [2.45, 2.75) is 46.1 Å². The third kappa shape index (κ3) is 5.96. The van der Waals surface area contributed by atoms with Crippen molar-refractivity contribution in [2.75, 3.05) is 32.8 Å². The molecule has 0 spiro atoms. The molecular weight excluding hydrogens is 493 g/mol. The third-order valence-electron chi connectivity index (χ3n) is 7.38. The van der Waals surface area contributed by atoms with E-state index in [2.05, 4.69) is 28.5 Å². The van der Waals surface area contributed by atoms with Crippen LogP contribution in [0.1, 0.15) is 66.7 Å². The number of nitrogens with one attached hydrogen (secondary N) is 2. The number of allylic oxidation sites excluding steroid dienone is 1. The number of nitrogens with zero attached hydrogens (tertiary/aromatic N) is 3. The van der Waals surface area contributed by atoms with E-state index in [1.807, 2.05) is 44.3 Å². The molecule has 3 aliphatic heterocycles. The number of amidine groups is 1. The topological polar surface area (TPSA) is 78.9 Å². The van der Waals surface area contributed by atoms with Gasteiger partial charge in [-0.3, -0.25) is 4.79 Å². The van der Waals surface area contributed by atoms with Gasteiger partial charge in [0.1, 0.15) is 17.3 Å². The maximum absolute atomic E-state index is 14.7. The van der Waals surface area contributed by atoms with Crippen molar-refractivity contribution < 1.29 is 13.9 Å². The Bertz CT molecular complexity index is 1470. The first-order valence-electron chi connectivity index (χ1n) is 13.8. The smallest absolute Gasteiger partial charge is 0.251 e. The van der Waals surface area contributed by atoms with Crippen molar-refractivity contribution in [3.8, 4) is 0 Å². The van der Waals surface area contributed by atoms with E-state index in [4.69, 9.17) is 14.7 Å². The van der Waals surface area contributed by atoms with Crippen molar-refractivity contribution >= 4 is 29.6 Å². The summed E-state index contributed by atoms with van der Waals surface area (Å²) in [4.78, 5) is 25.1. The van der Waals surface area contributed by atoms with Crippen LogP contribution in [-0.2, 0) is 11.3 Å². The van der Waals surface area contributed by atoms with Crippen LogP contribution >= 0.6 is 0 Å². The van der Waals surface area contributed by atoms with Crippen molar-refractivity contribution in [3.05, 3.63) is 80.9 Å². The fourth-order valence-corrected chi connectivity index (χ4v) is 5.04. The molecule has 5 rings (SSSR count). The van der Waals surface area contributed by atoms with Crippen LogP contribution in [0, 0.1) is 5.82 Å². The third-order valence-corrected chi connectivity index (χ3v) is 7.38. The van der Waals surface area contributed by atoms with Crippen LogP contribution in [0.3, 0.4) is 0 Å². The van der Waals surface area contributed by atoms with Gasteiger partial charge in [0.25, 0.3) is 5.91 Å². The minimum atomic E-state index is -0.393. The lowest BCUT2D eigenvalue weighted by molar-refractivity contribution is 0.0910. The summed E-state index contributed by atoms with van der Waals surface area (Å²) in [5, 5.41) is 8.11. The standard InChI is InChI=1S/C31H36FN5O2/c1-4-7-21(15-34-31(38)23-13-24-20(3)18-39-19-25(24)26(32)14-23)12-28-22(5-2)8-9-27(35-28)29-16-33-17-30(36-29)37-10-6-11-37/h5,7-9,12-14,16,20,33H,4,6,10-11,15,17-19H2,1-3H3,(H,34,38)/b21-7-,22-5-,28-12+. The number of carbonyl (C=O) groups is 1. The second kappa shape index (κ2) is 11.9. The van der Waals surface area contributed by atoms with E-state index in [9.17, 15) is 9.18 Å². The Kier molecular flexibility index (Phi) is 8.21. The Morgan fingerprint density at radius 1 is 1.31 bits per heavy atom. The second-order valence-electron chi connectivity index (χ2n) is 10.2. The fraction of sp³-hybridized carbons (Fsp3) is 0.387. The largest absolute Gasteiger partial charge is 0.382 e. The monoisotopic (exact) mass is 529 g/mol. The summed E-state index contributed by atoms with van der Waals surface area (Å²) in [5.41, 5.74) is 4.25. The number of pyridine rings is 1. The SMILES string of the molecule is C/C=c1/ccc(C2=CNCC(N3CCC3)=N2)n/c1=C/C(=C/CC)CNC(=O)c1cc(F)c2c(c1)C(C)COC2. The van der Waals surface area contributed by atoms with Gasteiger partial charge in [-0.1, -0.05) is 32.1 Å². The number of amides is 1. The number of aromatic nitrogens is 1. The number of benzene rings is 1. The summed E-state index contributed by atoms with van der Waals surface area (Å²) in [6, 6.07) is 7.14. The summed E-state index contributed by atoms with van der Waals surface area (Å²) >= 11 is 0. The zero-order valence-corrected chi connectivity index (χ0v) is 22.9. The molecule has 2 aromatic rings. The highest BCUT2D eigenvalue weighted by Gasteiger charge is 2.23. The molecule has 1 unspecified atom stereocenters. The van der Waals surface area contributed by atoms with Crippen LogP contribution in [0.25, 0.3) is 17.8 Å². The minimum Gasteiger partial charge on any atom is -0.382 e. The number of carbonyl (C=O) groups excluding carboxylic acids is 1. The fourth-order valence-electron chi connectivity index (χ4n) is 5.04. The molecule has 1 atom stereocenters. The summed E-state index contributed by atoms with van der Waals surface area (Å²) in [6.07, 6.45) is 10.0. The van der Waals surface area contributed by atoms with Gasteiger partial charge >= 0.3 is 0 Å². The van der Waals surface area contributed by atoms with Crippen LogP contribution in [0.4, 0.5) is 4.39 Å². The Morgan fingerprint density at radius 2 is 2.15 bits per heavy atom. The first-order chi connectivity index (χ1) is 19.0.